The zero-order valence-electron chi connectivity index (χ0n) is 19.2. The molecule has 160 valence electrons. The number of benzene rings is 2. The average Bonchev–Trinajstić information content (AvgIpc) is 2.71. The summed E-state index contributed by atoms with van der Waals surface area (Å²) >= 11 is 0. The third-order valence-electron chi connectivity index (χ3n) is 4.26. The first kappa shape index (κ1) is 26.6. The molecule has 0 heterocycles. The van der Waals surface area contributed by atoms with Gasteiger partial charge in [-0.05, 0) is 49.9 Å². The maximum absolute atomic E-state index is 10.8. The summed E-state index contributed by atoms with van der Waals surface area (Å²) in [6.45, 7) is 12.6. The molecule has 0 radical (unpaired) electrons. The first-order valence-corrected chi connectivity index (χ1v) is 10.8. The molecule has 0 aliphatic carbocycles. The van der Waals surface area contributed by atoms with Crippen LogP contribution in [0.15, 0.2) is 53.5 Å². The van der Waals surface area contributed by atoms with Crippen LogP contribution >= 0.6 is 0 Å². The fraction of sp³-hybridized carbons (Fsp3) is 0.462. The lowest BCUT2D eigenvalue weighted by Gasteiger charge is -2.04. The Morgan fingerprint density at radius 1 is 0.897 bits per heavy atom. The van der Waals surface area contributed by atoms with E-state index in [0.29, 0.717) is 0 Å². The van der Waals surface area contributed by atoms with E-state index >= 15 is 0 Å². The lowest BCUT2D eigenvalue weighted by molar-refractivity contribution is 0.0697. The number of hydrogen-bond donors (Lipinski definition) is 1. The summed E-state index contributed by atoms with van der Waals surface area (Å²) in [5.74, 6) is -0.912. The van der Waals surface area contributed by atoms with Gasteiger partial charge in [0.25, 0.3) is 0 Å². The van der Waals surface area contributed by atoms with Crippen molar-refractivity contribution in [3.63, 3.8) is 0 Å². The van der Waals surface area contributed by atoms with Crippen LogP contribution in [-0.4, -0.2) is 16.8 Å². The van der Waals surface area contributed by atoms with Crippen molar-refractivity contribution in [1.82, 2.24) is 0 Å². The molecule has 0 fully saturated rings. The van der Waals surface area contributed by atoms with Gasteiger partial charge in [0.1, 0.15) is 0 Å². The van der Waals surface area contributed by atoms with Crippen molar-refractivity contribution in [3.8, 4) is 0 Å². The molecule has 0 amide bonds. The van der Waals surface area contributed by atoms with E-state index in [9.17, 15) is 4.79 Å². The highest BCUT2D eigenvalue weighted by Crippen LogP contribution is 2.21. The van der Waals surface area contributed by atoms with Gasteiger partial charge >= 0.3 is 5.97 Å². The van der Waals surface area contributed by atoms with Crippen LogP contribution in [0.4, 0.5) is 5.69 Å². The van der Waals surface area contributed by atoms with Gasteiger partial charge in [0, 0.05) is 5.71 Å². The molecule has 0 bridgehead atoms. The minimum atomic E-state index is -0.912. The molecule has 29 heavy (non-hydrogen) atoms. The lowest BCUT2D eigenvalue weighted by Crippen LogP contribution is -1.96. The number of rotatable bonds is 7. The van der Waals surface area contributed by atoms with Gasteiger partial charge in [0.2, 0.25) is 0 Å². The molecular formula is C26H39NO2. The summed E-state index contributed by atoms with van der Waals surface area (Å²) in [5.41, 5.74) is 4.52. The number of aromatic carboxylic acids is 1. The van der Waals surface area contributed by atoms with Crippen LogP contribution in [0.5, 0.6) is 0 Å². The summed E-state index contributed by atoms with van der Waals surface area (Å²) in [4.78, 5) is 15.3. The fourth-order valence-electron chi connectivity index (χ4n) is 2.42. The number of nitrogens with zero attached hydrogens (tertiary/aromatic N) is 1. The van der Waals surface area contributed by atoms with Crippen LogP contribution < -0.4 is 0 Å². The molecule has 0 aliphatic rings. The van der Waals surface area contributed by atoms with Crippen molar-refractivity contribution < 1.29 is 9.90 Å². The number of carbonyl (C=O) groups is 1. The van der Waals surface area contributed by atoms with E-state index in [1.54, 1.807) is 18.2 Å². The number of carboxylic acid groups (broad SMARTS) is 1. The summed E-state index contributed by atoms with van der Waals surface area (Å²) < 4.78 is 0. The van der Waals surface area contributed by atoms with Crippen LogP contribution in [-0.2, 0) is 6.42 Å². The Morgan fingerprint density at radius 2 is 1.52 bits per heavy atom. The Morgan fingerprint density at radius 3 is 2.00 bits per heavy atom. The summed E-state index contributed by atoms with van der Waals surface area (Å²) in [5, 5.41) is 8.89. The minimum Gasteiger partial charge on any atom is -0.478 e. The van der Waals surface area contributed by atoms with Crippen molar-refractivity contribution in [2.24, 2.45) is 4.99 Å². The third kappa shape index (κ3) is 12.6. The maximum atomic E-state index is 10.8. The Hall–Kier alpha value is -2.42. The van der Waals surface area contributed by atoms with Crippen LogP contribution in [0.25, 0.3) is 0 Å². The van der Waals surface area contributed by atoms with Crippen molar-refractivity contribution in [1.29, 1.82) is 0 Å². The van der Waals surface area contributed by atoms with Crippen LogP contribution in [0.3, 0.4) is 0 Å². The highest BCUT2D eigenvalue weighted by Gasteiger charge is 2.05. The quantitative estimate of drug-likeness (QED) is 0.481. The number of carboxylic acids is 1. The molecule has 0 aromatic heterocycles. The Labute approximate surface area is 177 Å². The molecule has 2 aromatic rings. The van der Waals surface area contributed by atoms with Crippen LogP contribution in [0.2, 0.25) is 0 Å². The molecule has 0 spiro atoms. The third-order valence-corrected chi connectivity index (χ3v) is 4.26. The normalized spacial score (nSPS) is 10.3. The molecule has 1 N–H and O–H groups in total. The average molecular weight is 398 g/mol. The first-order valence-electron chi connectivity index (χ1n) is 10.8. The molecule has 0 saturated heterocycles. The molecular weight excluding hydrogens is 358 g/mol. The topological polar surface area (TPSA) is 49.7 Å². The Balaban J connectivity index is 0.000000504. The number of hydrogen-bond acceptors (Lipinski definition) is 2. The van der Waals surface area contributed by atoms with Crippen molar-refractivity contribution in [3.05, 3.63) is 65.2 Å². The zero-order valence-corrected chi connectivity index (χ0v) is 19.2. The van der Waals surface area contributed by atoms with Crippen LogP contribution in [0, 0.1) is 6.92 Å². The van der Waals surface area contributed by atoms with E-state index in [4.69, 9.17) is 5.11 Å². The maximum Gasteiger partial charge on any atom is 0.335 e. The van der Waals surface area contributed by atoms with Gasteiger partial charge < -0.3 is 5.11 Å². The van der Waals surface area contributed by atoms with Gasteiger partial charge in [0.05, 0.1) is 11.3 Å². The lowest BCUT2D eigenvalue weighted by atomic mass is 10.1. The minimum absolute atomic E-state index is 0.286. The van der Waals surface area contributed by atoms with E-state index in [-0.39, 0.29) is 5.56 Å². The standard InChI is InChI=1S/C13H17NO2.C9H12.C4H10/c1-4-5-10(3)14-12-8-11(13(15)16)7-6-9(12)2;1-2-6-9-7-4-3-5-8-9;1-3-4-2/h6-8H,4-5H2,1-3H3,(H,15,16);3-5,7-8H,2,6H2,1H3;3-4H2,1-2H3. The van der Waals surface area contributed by atoms with Gasteiger partial charge in [-0.15, -0.1) is 0 Å². The van der Waals surface area contributed by atoms with Gasteiger partial charge in [-0.2, -0.15) is 0 Å². The Bertz CT molecular complexity index is 719. The number of aryl methyl sites for hydroxylation is 2. The molecule has 0 unspecified atom stereocenters. The number of unbranched alkanes of at least 4 members (excludes halogenated alkanes) is 1. The summed E-state index contributed by atoms with van der Waals surface area (Å²) in [6.07, 6.45) is 7.08. The van der Waals surface area contributed by atoms with Gasteiger partial charge in [-0.25, -0.2) is 4.79 Å². The summed E-state index contributed by atoms with van der Waals surface area (Å²) in [6, 6.07) is 15.6. The van der Waals surface area contributed by atoms with Gasteiger partial charge in [-0.3, -0.25) is 4.99 Å². The second-order valence-electron chi connectivity index (χ2n) is 7.14. The molecule has 0 aliphatic heterocycles. The van der Waals surface area contributed by atoms with Crippen LogP contribution in [0.1, 0.15) is 88.2 Å². The summed E-state index contributed by atoms with van der Waals surface area (Å²) in [7, 11) is 0. The monoisotopic (exact) mass is 397 g/mol. The molecule has 0 atom stereocenters. The smallest absolute Gasteiger partial charge is 0.335 e. The largest absolute Gasteiger partial charge is 0.478 e. The predicted octanol–water partition coefficient (Wildman–Crippen LogP) is 8.03. The van der Waals surface area contributed by atoms with E-state index < -0.39 is 5.97 Å². The van der Waals surface area contributed by atoms with Crippen molar-refractivity contribution >= 4 is 17.4 Å². The molecule has 3 nitrogen and oxygen atoms in total. The molecule has 3 heteroatoms. The van der Waals surface area contributed by atoms with E-state index in [2.05, 4.69) is 63.0 Å². The Kier molecular flexibility index (Phi) is 15.1. The zero-order chi connectivity index (χ0) is 22.1. The van der Waals surface area contributed by atoms with Crippen molar-refractivity contribution in [2.45, 2.75) is 80.1 Å². The first-order chi connectivity index (χ1) is 13.9. The van der Waals surface area contributed by atoms with E-state index in [1.165, 1.54) is 31.2 Å². The second-order valence-corrected chi connectivity index (χ2v) is 7.14. The molecule has 2 rings (SSSR count). The fourth-order valence-corrected chi connectivity index (χ4v) is 2.42. The predicted molar refractivity (Wildman–Crippen MR) is 127 cm³/mol. The van der Waals surface area contributed by atoms with Crippen molar-refractivity contribution in [2.75, 3.05) is 0 Å². The molecule has 0 saturated carbocycles. The van der Waals surface area contributed by atoms with E-state index in [0.717, 1.165) is 29.8 Å². The highest BCUT2D eigenvalue weighted by molar-refractivity contribution is 5.90. The van der Waals surface area contributed by atoms with E-state index in [1.807, 2.05) is 13.8 Å². The SMILES string of the molecule is CCCC.CCCC(C)=Nc1cc(C(=O)O)ccc1C.CCCc1ccccc1. The van der Waals surface area contributed by atoms with Gasteiger partial charge in [-0.1, -0.05) is 89.8 Å². The number of aliphatic imine (C=N–C) groups is 1. The second kappa shape index (κ2) is 16.5. The highest BCUT2D eigenvalue weighted by atomic mass is 16.4. The molecule has 2 aromatic carbocycles. The van der Waals surface area contributed by atoms with Gasteiger partial charge in [0.15, 0.2) is 0 Å².